The van der Waals surface area contributed by atoms with Gasteiger partial charge in [0.1, 0.15) is 11.5 Å². The summed E-state index contributed by atoms with van der Waals surface area (Å²) in [6.07, 6.45) is 1.93. The van der Waals surface area contributed by atoms with Gasteiger partial charge in [0, 0.05) is 17.2 Å². The molecule has 0 bridgehead atoms. The zero-order valence-electron chi connectivity index (χ0n) is 14.5. The van der Waals surface area contributed by atoms with Crippen LogP contribution in [0.15, 0.2) is 45.0 Å². The lowest BCUT2D eigenvalue weighted by molar-refractivity contribution is -0.119. The molecule has 0 aliphatic heterocycles. The van der Waals surface area contributed by atoms with Crippen LogP contribution in [0, 0.1) is 0 Å². The SMILES string of the molecule is CSc1ccc(Cl)c(C(=O)Nc2nc(-c3ccc(CNC(C)=O)o3)cs2)c1. The molecule has 0 aliphatic carbocycles. The summed E-state index contributed by atoms with van der Waals surface area (Å²) in [7, 11) is 0. The molecule has 1 aromatic carbocycles. The summed E-state index contributed by atoms with van der Waals surface area (Å²) in [5, 5.41) is 8.05. The first-order valence-electron chi connectivity index (χ1n) is 7.90. The highest BCUT2D eigenvalue weighted by atomic mass is 35.5. The van der Waals surface area contributed by atoms with Gasteiger partial charge >= 0.3 is 0 Å². The summed E-state index contributed by atoms with van der Waals surface area (Å²) in [6.45, 7) is 1.76. The van der Waals surface area contributed by atoms with Gasteiger partial charge in [-0.05, 0) is 36.6 Å². The molecule has 27 heavy (non-hydrogen) atoms. The fourth-order valence-corrected chi connectivity index (χ4v) is 3.57. The highest BCUT2D eigenvalue weighted by molar-refractivity contribution is 7.98. The molecule has 140 valence electrons. The molecule has 9 heteroatoms. The summed E-state index contributed by atoms with van der Waals surface area (Å²) in [6, 6.07) is 8.86. The summed E-state index contributed by atoms with van der Waals surface area (Å²) in [5.41, 5.74) is 1.00. The number of carbonyl (C=O) groups is 2. The molecule has 0 unspecified atom stereocenters. The van der Waals surface area contributed by atoms with E-state index in [1.807, 2.05) is 12.3 Å². The topological polar surface area (TPSA) is 84.2 Å². The van der Waals surface area contributed by atoms with Crippen molar-refractivity contribution in [3.63, 3.8) is 0 Å². The first kappa shape index (κ1) is 19.5. The van der Waals surface area contributed by atoms with Gasteiger partial charge in [0.25, 0.3) is 5.91 Å². The monoisotopic (exact) mass is 421 g/mol. The number of hydrogen-bond acceptors (Lipinski definition) is 6. The van der Waals surface area contributed by atoms with Gasteiger partial charge in [0.05, 0.1) is 17.1 Å². The molecular weight excluding hydrogens is 406 g/mol. The Morgan fingerprint density at radius 2 is 2.11 bits per heavy atom. The Hall–Kier alpha value is -2.29. The van der Waals surface area contributed by atoms with Crippen molar-refractivity contribution >= 4 is 51.6 Å². The standard InChI is InChI=1S/C18H16ClN3O3S2/c1-10(23)20-8-11-3-6-16(25-11)15-9-27-18(21-15)22-17(24)13-7-12(26-2)4-5-14(13)19/h3-7,9H,8H2,1-2H3,(H,20,23)(H,21,22,24). The van der Waals surface area contributed by atoms with Gasteiger partial charge in [-0.1, -0.05) is 11.6 Å². The molecule has 2 N–H and O–H groups in total. The molecule has 0 radical (unpaired) electrons. The molecule has 0 spiro atoms. The highest BCUT2D eigenvalue weighted by Gasteiger charge is 2.15. The van der Waals surface area contributed by atoms with Crippen molar-refractivity contribution in [3.8, 4) is 11.5 Å². The molecule has 2 heterocycles. The average Bonchev–Trinajstić information content (AvgIpc) is 3.29. The minimum Gasteiger partial charge on any atom is -0.458 e. The van der Waals surface area contributed by atoms with Crippen LogP contribution in [0.3, 0.4) is 0 Å². The fourth-order valence-electron chi connectivity index (χ4n) is 2.24. The molecule has 3 aromatic rings. The summed E-state index contributed by atoms with van der Waals surface area (Å²) < 4.78 is 5.67. The van der Waals surface area contributed by atoms with Crippen LogP contribution in [-0.4, -0.2) is 23.1 Å². The average molecular weight is 422 g/mol. The van der Waals surface area contributed by atoms with E-state index in [0.717, 1.165) is 4.90 Å². The Balaban J connectivity index is 1.71. The normalized spacial score (nSPS) is 10.6. The number of furan rings is 1. The van der Waals surface area contributed by atoms with Crippen LogP contribution in [0.4, 0.5) is 5.13 Å². The number of rotatable bonds is 6. The molecule has 2 aromatic heterocycles. The number of hydrogen-bond donors (Lipinski definition) is 2. The first-order valence-corrected chi connectivity index (χ1v) is 10.4. The molecule has 2 amide bonds. The number of aromatic nitrogens is 1. The van der Waals surface area contributed by atoms with Crippen LogP contribution in [-0.2, 0) is 11.3 Å². The number of carbonyl (C=O) groups excluding carboxylic acids is 2. The zero-order valence-corrected chi connectivity index (χ0v) is 16.9. The van der Waals surface area contributed by atoms with Gasteiger partial charge in [-0.2, -0.15) is 0 Å². The van der Waals surface area contributed by atoms with Crippen molar-refractivity contribution in [2.75, 3.05) is 11.6 Å². The Morgan fingerprint density at radius 1 is 1.30 bits per heavy atom. The molecule has 0 atom stereocenters. The van der Waals surface area contributed by atoms with Gasteiger partial charge in [0.2, 0.25) is 5.91 Å². The zero-order chi connectivity index (χ0) is 19.4. The molecule has 0 aliphatic rings. The van der Waals surface area contributed by atoms with Crippen molar-refractivity contribution in [2.24, 2.45) is 0 Å². The molecule has 0 saturated heterocycles. The number of nitrogens with zero attached hydrogens (tertiary/aromatic N) is 1. The van der Waals surface area contributed by atoms with Crippen LogP contribution in [0.1, 0.15) is 23.0 Å². The van der Waals surface area contributed by atoms with Crippen LogP contribution < -0.4 is 10.6 Å². The van der Waals surface area contributed by atoms with E-state index in [9.17, 15) is 9.59 Å². The Bertz CT molecular complexity index is 984. The maximum Gasteiger partial charge on any atom is 0.258 e. The third-order valence-corrected chi connectivity index (χ3v) is 5.38. The minimum atomic E-state index is -0.317. The minimum absolute atomic E-state index is 0.129. The largest absolute Gasteiger partial charge is 0.458 e. The van der Waals surface area contributed by atoms with Crippen molar-refractivity contribution < 1.29 is 14.0 Å². The predicted molar refractivity (Wildman–Crippen MR) is 109 cm³/mol. The van der Waals surface area contributed by atoms with Crippen LogP contribution in [0.25, 0.3) is 11.5 Å². The van der Waals surface area contributed by atoms with E-state index in [1.54, 1.807) is 29.6 Å². The van der Waals surface area contributed by atoms with E-state index < -0.39 is 0 Å². The molecule has 0 fully saturated rings. The van der Waals surface area contributed by atoms with E-state index >= 15 is 0 Å². The number of amides is 2. The maximum atomic E-state index is 12.5. The van der Waals surface area contributed by atoms with Crippen molar-refractivity contribution in [2.45, 2.75) is 18.4 Å². The van der Waals surface area contributed by atoms with Crippen molar-refractivity contribution in [1.29, 1.82) is 0 Å². The Morgan fingerprint density at radius 3 is 2.85 bits per heavy atom. The summed E-state index contributed by atoms with van der Waals surface area (Å²) in [5.74, 6) is 0.743. The van der Waals surface area contributed by atoms with Gasteiger partial charge in [-0.3, -0.25) is 14.9 Å². The molecule has 3 rings (SSSR count). The quantitative estimate of drug-likeness (QED) is 0.565. The number of anilines is 1. The summed E-state index contributed by atoms with van der Waals surface area (Å²) in [4.78, 5) is 28.8. The third kappa shape index (κ3) is 4.91. The number of thiazole rings is 1. The van der Waals surface area contributed by atoms with Crippen LogP contribution >= 0.6 is 34.7 Å². The van der Waals surface area contributed by atoms with Gasteiger partial charge in [-0.15, -0.1) is 23.1 Å². The molecule has 6 nitrogen and oxygen atoms in total. The van der Waals surface area contributed by atoms with E-state index in [0.29, 0.717) is 39.5 Å². The van der Waals surface area contributed by atoms with Crippen LogP contribution in [0.5, 0.6) is 0 Å². The Labute approximate surface area is 169 Å². The first-order chi connectivity index (χ1) is 13.0. The maximum absolute atomic E-state index is 12.5. The van der Waals surface area contributed by atoms with E-state index in [4.69, 9.17) is 16.0 Å². The molecular formula is C18H16ClN3O3S2. The number of halogens is 1. The fraction of sp³-hybridized carbons (Fsp3) is 0.167. The van der Waals surface area contributed by atoms with E-state index in [1.165, 1.54) is 30.0 Å². The third-order valence-electron chi connectivity index (χ3n) is 3.57. The van der Waals surface area contributed by atoms with Gasteiger partial charge in [-0.25, -0.2) is 4.98 Å². The second-order valence-electron chi connectivity index (χ2n) is 5.51. The number of benzene rings is 1. The van der Waals surface area contributed by atoms with Gasteiger partial charge < -0.3 is 9.73 Å². The van der Waals surface area contributed by atoms with Crippen molar-refractivity contribution in [3.05, 3.63) is 52.1 Å². The lowest BCUT2D eigenvalue weighted by atomic mass is 10.2. The summed E-state index contributed by atoms with van der Waals surface area (Å²) >= 11 is 8.96. The van der Waals surface area contributed by atoms with Crippen LogP contribution in [0.2, 0.25) is 5.02 Å². The van der Waals surface area contributed by atoms with Gasteiger partial charge in [0.15, 0.2) is 10.9 Å². The van der Waals surface area contributed by atoms with E-state index in [-0.39, 0.29) is 11.8 Å². The lowest BCUT2D eigenvalue weighted by Crippen LogP contribution is -2.18. The lowest BCUT2D eigenvalue weighted by Gasteiger charge is -2.05. The van der Waals surface area contributed by atoms with Crippen molar-refractivity contribution in [1.82, 2.24) is 10.3 Å². The Kier molecular flexibility index (Phi) is 6.20. The second kappa shape index (κ2) is 8.60. The second-order valence-corrected chi connectivity index (χ2v) is 7.66. The number of thioether (sulfide) groups is 1. The smallest absolute Gasteiger partial charge is 0.258 e. The van der Waals surface area contributed by atoms with E-state index in [2.05, 4.69) is 15.6 Å². The predicted octanol–water partition coefficient (Wildman–Crippen LogP) is 4.67. The highest BCUT2D eigenvalue weighted by Crippen LogP contribution is 2.28. The molecule has 0 saturated carbocycles. The number of nitrogens with one attached hydrogen (secondary N) is 2.